The molecular formula is C17H21F3N2O2. The van der Waals surface area contributed by atoms with Gasteiger partial charge in [-0.1, -0.05) is 19.9 Å². The molecule has 132 valence electrons. The minimum Gasteiger partial charge on any atom is -0.330 e. The van der Waals surface area contributed by atoms with E-state index in [-0.39, 0.29) is 23.1 Å². The van der Waals surface area contributed by atoms with Crippen molar-refractivity contribution in [3.05, 3.63) is 29.3 Å². The van der Waals surface area contributed by atoms with E-state index in [4.69, 9.17) is 0 Å². The van der Waals surface area contributed by atoms with Gasteiger partial charge < -0.3 is 10.2 Å². The number of halogens is 3. The largest absolute Gasteiger partial charge is 0.416 e. The molecule has 0 saturated carbocycles. The molecule has 0 radical (unpaired) electrons. The third-order valence-corrected chi connectivity index (χ3v) is 4.16. The van der Waals surface area contributed by atoms with Crippen molar-refractivity contribution in [2.75, 3.05) is 11.9 Å². The Balaban J connectivity index is 2.23. The maximum Gasteiger partial charge on any atom is 0.416 e. The summed E-state index contributed by atoms with van der Waals surface area (Å²) in [5.74, 6) is -0.694. The van der Waals surface area contributed by atoms with Crippen LogP contribution in [0, 0.1) is 12.8 Å². The highest BCUT2D eigenvalue weighted by Gasteiger charge is 2.36. The lowest BCUT2D eigenvalue weighted by molar-refractivity contribution is -0.138. The fourth-order valence-corrected chi connectivity index (χ4v) is 2.99. The van der Waals surface area contributed by atoms with Crippen LogP contribution in [0.15, 0.2) is 18.2 Å². The van der Waals surface area contributed by atoms with Gasteiger partial charge in [0, 0.05) is 18.7 Å². The zero-order chi connectivity index (χ0) is 18.1. The maximum atomic E-state index is 13.0. The van der Waals surface area contributed by atoms with Gasteiger partial charge in [0.1, 0.15) is 6.04 Å². The summed E-state index contributed by atoms with van der Waals surface area (Å²) in [7, 11) is 0. The van der Waals surface area contributed by atoms with Crippen LogP contribution in [0.1, 0.15) is 37.8 Å². The second-order valence-corrected chi connectivity index (χ2v) is 6.40. The molecule has 1 atom stereocenters. The number of hydrogen-bond donors (Lipinski definition) is 1. The highest BCUT2D eigenvalue weighted by Crippen LogP contribution is 2.33. The van der Waals surface area contributed by atoms with E-state index in [1.54, 1.807) is 0 Å². The van der Waals surface area contributed by atoms with Crippen LogP contribution >= 0.6 is 0 Å². The van der Waals surface area contributed by atoms with Gasteiger partial charge in [-0.05, 0) is 37.0 Å². The second-order valence-electron chi connectivity index (χ2n) is 6.40. The Bertz CT molecular complexity index is 641. The van der Waals surface area contributed by atoms with E-state index >= 15 is 0 Å². The number of nitrogens with zero attached hydrogens (tertiary/aromatic N) is 1. The SMILES string of the molecule is Cc1ccc(NC(=O)C(C(C)C)N2CCCC2=O)cc1C(F)(F)F. The quantitative estimate of drug-likeness (QED) is 0.909. The van der Waals surface area contributed by atoms with Crippen molar-refractivity contribution >= 4 is 17.5 Å². The average molecular weight is 342 g/mol. The first-order valence-electron chi connectivity index (χ1n) is 7.89. The van der Waals surface area contributed by atoms with Crippen molar-refractivity contribution < 1.29 is 22.8 Å². The zero-order valence-corrected chi connectivity index (χ0v) is 13.9. The van der Waals surface area contributed by atoms with Crippen molar-refractivity contribution in [3.63, 3.8) is 0 Å². The molecule has 0 bridgehead atoms. The van der Waals surface area contributed by atoms with Crippen LogP contribution in [0.5, 0.6) is 0 Å². The Kier molecular flexibility index (Phi) is 5.20. The third-order valence-electron chi connectivity index (χ3n) is 4.16. The summed E-state index contributed by atoms with van der Waals surface area (Å²) in [6, 6.07) is 3.00. The van der Waals surface area contributed by atoms with Gasteiger partial charge in [0.05, 0.1) is 5.56 Å². The van der Waals surface area contributed by atoms with Gasteiger partial charge in [-0.3, -0.25) is 9.59 Å². The summed E-state index contributed by atoms with van der Waals surface area (Å²) in [6.07, 6.45) is -3.38. The van der Waals surface area contributed by atoms with Gasteiger partial charge in [0.25, 0.3) is 0 Å². The number of likely N-dealkylation sites (tertiary alicyclic amines) is 1. The van der Waals surface area contributed by atoms with Crippen LogP contribution in [0.4, 0.5) is 18.9 Å². The van der Waals surface area contributed by atoms with E-state index in [2.05, 4.69) is 5.32 Å². The molecule has 24 heavy (non-hydrogen) atoms. The average Bonchev–Trinajstić information content (AvgIpc) is 2.86. The maximum absolute atomic E-state index is 13.0. The summed E-state index contributed by atoms with van der Waals surface area (Å²) in [5, 5.41) is 2.53. The molecule has 1 aromatic carbocycles. The third kappa shape index (κ3) is 3.88. The number of amides is 2. The summed E-state index contributed by atoms with van der Waals surface area (Å²) in [5.41, 5.74) is -0.607. The van der Waals surface area contributed by atoms with Crippen molar-refractivity contribution in [3.8, 4) is 0 Å². The second kappa shape index (κ2) is 6.83. The molecule has 1 aliphatic rings. The number of aryl methyl sites for hydroxylation is 1. The van der Waals surface area contributed by atoms with E-state index in [9.17, 15) is 22.8 Å². The Morgan fingerprint density at radius 3 is 2.46 bits per heavy atom. The van der Waals surface area contributed by atoms with Crippen LogP contribution in [0.25, 0.3) is 0 Å². The first kappa shape index (κ1) is 18.3. The number of rotatable bonds is 4. The van der Waals surface area contributed by atoms with Crippen molar-refractivity contribution in [2.24, 2.45) is 5.92 Å². The molecule has 4 nitrogen and oxygen atoms in total. The molecule has 0 aliphatic carbocycles. The lowest BCUT2D eigenvalue weighted by Crippen LogP contribution is -2.48. The number of hydrogen-bond acceptors (Lipinski definition) is 2. The Morgan fingerprint density at radius 2 is 1.96 bits per heavy atom. The summed E-state index contributed by atoms with van der Waals surface area (Å²) in [6.45, 7) is 5.49. The molecule has 1 heterocycles. The van der Waals surface area contributed by atoms with E-state index in [1.807, 2.05) is 13.8 Å². The lowest BCUT2D eigenvalue weighted by atomic mass is 10.0. The molecule has 1 saturated heterocycles. The number of nitrogens with one attached hydrogen (secondary N) is 1. The minimum atomic E-state index is -4.48. The van der Waals surface area contributed by atoms with Crippen LogP contribution in [0.2, 0.25) is 0 Å². The smallest absolute Gasteiger partial charge is 0.330 e. The zero-order valence-electron chi connectivity index (χ0n) is 13.9. The van der Waals surface area contributed by atoms with E-state index < -0.39 is 23.7 Å². The molecule has 1 unspecified atom stereocenters. The van der Waals surface area contributed by atoms with Crippen molar-refractivity contribution in [2.45, 2.75) is 45.8 Å². The first-order valence-corrected chi connectivity index (χ1v) is 7.89. The molecule has 1 aromatic rings. The van der Waals surface area contributed by atoms with Crippen LogP contribution in [-0.4, -0.2) is 29.3 Å². The molecule has 2 amide bonds. The number of carbonyl (C=O) groups excluding carboxylic acids is 2. The minimum absolute atomic E-state index is 0.0789. The normalized spacial score (nSPS) is 16.6. The summed E-state index contributed by atoms with van der Waals surface area (Å²) < 4.78 is 39.0. The van der Waals surface area contributed by atoms with Crippen molar-refractivity contribution in [1.82, 2.24) is 4.90 Å². The number of anilines is 1. The highest BCUT2D eigenvalue weighted by molar-refractivity contribution is 5.97. The lowest BCUT2D eigenvalue weighted by Gasteiger charge is -2.30. The molecule has 1 N–H and O–H groups in total. The van der Waals surface area contributed by atoms with Gasteiger partial charge >= 0.3 is 6.18 Å². The fraction of sp³-hybridized carbons (Fsp3) is 0.529. The number of benzene rings is 1. The van der Waals surface area contributed by atoms with E-state index in [1.165, 1.54) is 24.0 Å². The Morgan fingerprint density at radius 1 is 1.29 bits per heavy atom. The molecule has 1 fully saturated rings. The fourth-order valence-electron chi connectivity index (χ4n) is 2.99. The van der Waals surface area contributed by atoms with E-state index in [0.717, 1.165) is 6.07 Å². The van der Waals surface area contributed by atoms with Gasteiger partial charge in [0.2, 0.25) is 11.8 Å². The Hall–Kier alpha value is -2.05. The highest BCUT2D eigenvalue weighted by atomic mass is 19.4. The van der Waals surface area contributed by atoms with Gasteiger partial charge in [0.15, 0.2) is 0 Å². The summed E-state index contributed by atoms with van der Waals surface area (Å²) >= 11 is 0. The molecule has 0 aromatic heterocycles. The molecule has 2 rings (SSSR count). The van der Waals surface area contributed by atoms with Crippen LogP contribution in [-0.2, 0) is 15.8 Å². The predicted octanol–water partition coefficient (Wildman–Crippen LogP) is 3.60. The predicted molar refractivity (Wildman–Crippen MR) is 84.4 cm³/mol. The topological polar surface area (TPSA) is 49.4 Å². The molecular weight excluding hydrogens is 321 g/mol. The van der Waals surface area contributed by atoms with Crippen molar-refractivity contribution in [1.29, 1.82) is 0 Å². The number of carbonyl (C=O) groups is 2. The number of alkyl halides is 3. The van der Waals surface area contributed by atoms with Crippen LogP contribution < -0.4 is 5.32 Å². The first-order chi connectivity index (χ1) is 11.1. The van der Waals surface area contributed by atoms with Crippen LogP contribution in [0.3, 0.4) is 0 Å². The standard InChI is InChI=1S/C17H21F3N2O2/c1-10(2)15(22-8-4-5-14(22)23)16(24)21-12-7-6-11(3)13(9-12)17(18,19)20/h6-7,9-10,15H,4-5,8H2,1-3H3,(H,21,24). The summed E-state index contributed by atoms with van der Waals surface area (Å²) in [4.78, 5) is 26.0. The molecule has 7 heteroatoms. The van der Waals surface area contributed by atoms with Gasteiger partial charge in [-0.15, -0.1) is 0 Å². The molecule has 0 spiro atoms. The van der Waals surface area contributed by atoms with E-state index in [0.29, 0.717) is 19.4 Å². The van der Waals surface area contributed by atoms with Gasteiger partial charge in [-0.25, -0.2) is 0 Å². The molecule has 1 aliphatic heterocycles. The monoisotopic (exact) mass is 342 g/mol. The van der Waals surface area contributed by atoms with Gasteiger partial charge in [-0.2, -0.15) is 13.2 Å². The Labute approximate surface area is 139 Å².